The summed E-state index contributed by atoms with van der Waals surface area (Å²) in [7, 11) is 1.49. The van der Waals surface area contributed by atoms with Crippen LogP contribution in [0.25, 0.3) is 6.08 Å². The Morgan fingerprint density at radius 2 is 2.30 bits per heavy atom. The van der Waals surface area contributed by atoms with Gasteiger partial charge in [0, 0.05) is 29.1 Å². The fraction of sp³-hybridized carbons (Fsp3) is 0.267. The monoisotopic (exact) mass is 294 g/mol. The van der Waals surface area contributed by atoms with Crippen LogP contribution in [0.1, 0.15) is 18.4 Å². The molecule has 1 rings (SSSR count). The summed E-state index contributed by atoms with van der Waals surface area (Å²) in [6.07, 6.45) is 8.90. The molecule has 1 N–H and O–H groups in total. The van der Waals surface area contributed by atoms with Crippen molar-refractivity contribution in [1.82, 2.24) is 0 Å². The second-order valence-corrected chi connectivity index (χ2v) is 4.29. The molecule has 0 bridgehead atoms. The third kappa shape index (κ3) is 4.87. The van der Waals surface area contributed by atoms with Crippen LogP contribution in [0.15, 0.2) is 18.2 Å². The molecule has 0 fully saturated rings. The first kappa shape index (κ1) is 15.9. The Labute approximate surface area is 123 Å². The molecule has 0 spiro atoms. The van der Waals surface area contributed by atoms with Gasteiger partial charge in [-0.25, -0.2) is 4.79 Å². The van der Waals surface area contributed by atoms with Gasteiger partial charge in [0.1, 0.15) is 0 Å². The van der Waals surface area contributed by atoms with Crippen LogP contribution in [0, 0.1) is 12.3 Å². The normalized spacial score (nSPS) is 10.2. The second-order valence-electron chi connectivity index (χ2n) is 3.85. The summed E-state index contributed by atoms with van der Waals surface area (Å²) in [6.45, 7) is 0.413. The van der Waals surface area contributed by atoms with E-state index in [4.69, 9.17) is 32.6 Å². The molecule has 106 valence electrons. The average Bonchev–Trinajstić information content (AvgIpc) is 2.42. The number of carboxylic acids is 1. The number of aliphatic carboxylic acids is 1. The van der Waals surface area contributed by atoms with Gasteiger partial charge < -0.3 is 14.6 Å². The Morgan fingerprint density at radius 1 is 1.55 bits per heavy atom. The number of carbonyl (C=O) groups is 1. The van der Waals surface area contributed by atoms with Crippen molar-refractivity contribution >= 4 is 23.6 Å². The van der Waals surface area contributed by atoms with Crippen LogP contribution in [-0.4, -0.2) is 24.8 Å². The topological polar surface area (TPSA) is 55.8 Å². The van der Waals surface area contributed by atoms with Gasteiger partial charge in [0.05, 0.1) is 13.7 Å². The molecule has 1 aromatic carbocycles. The molecule has 0 aromatic heterocycles. The summed E-state index contributed by atoms with van der Waals surface area (Å²) < 4.78 is 10.8. The van der Waals surface area contributed by atoms with Crippen LogP contribution in [0.5, 0.6) is 11.5 Å². The van der Waals surface area contributed by atoms with Crippen molar-refractivity contribution in [2.75, 3.05) is 13.7 Å². The minimum absolute atomic E-state index is 0.413. The van der Waals surface area contributed by atoms with Gasteiger partial charge in [-0.3, -0.25) is 0 Å². The third-order valence-corrected chi connectivity index (χ3v) is 2.60. The van der Waals surface area contributed by atoms with Crippen LogP contribution in [0.3, 0.4) is 0 Å². The first-order valence-corrected chi connectivity index (χ1v) is 6.31. The average molecular weight is 295 g/mol. The number of benzene rings is 1. The molecule has 0 atom stereocenters. The van der Waals surface area contributed by atoms with E-state index in [9.17, 15) is 4.79 Å². The highest BCUT2D eigenvalue weighted by Gasteiger charge is 2.11. The molecule has 20 heavy (non-hydrogen) atoms. The number of terminal acetylenes is 1. The van der Waals surface area contributed by atoms with E-state index < -0.39 is 5.97 Å². The van der Waals surface area contributed by atoms with Gasteiger partial charge in [0.15, 0.2) is 11.5 Å². The minimum Gasteiger partial charge on any atom is -0.493 e. The smallest absolute Gasteiger partial charge is 0.328 e. The SMILES string of the molecule is C#CCCCOc1c(/C=C/C(=O)O)cc(Cl)cc1OC. The van der Waals surface area contributed by atoms with E-state index in [2.05, 4.69) is 5.92 Å². The first-order chi connectivity index (χ1) is 9.58. The van der Waals surface area contributed by atoms with Crippen LogP contribution in [-0.2, 0) is 4.79 Å². The molecular weight excluding hydrogens is 280 g/mol. The Bertz CT molecular complexity index is 544. The van der Waals surface area contributed by atoms with Crippen LogP contribution in [0.4, 0.5) is 0 Å². The van der Waals surface area contributed by atoms with Crippen molar-refractivity contribution in [1.29, 1.82) is 0 Å². The molecule has 0 heterocycles. The minimum atomic E-state index is -1.05. The Balaban J connectivity index is 3.03. The molecule has 0 aliphatic carbocycles. The molecule has 0 amide bonds. The predicted molar refractivity (Wildman–Crippen MR) is 78.2 cm³/mol. The fourth-order valence-corrected chi connectivity index (χ4v) is 1.74. The molecule has 0 radical (unpaired) electrons. The highest BCUT2D eigenvalue weighted by atomic mass is 35.5. The standard InChI is InChI=1S/C15H15ClO4/c1-3-4-5-8-20-15-11(6-7-14(17)18)9-12(16)10-13(15)19-2/h1,6-7,9-10H,4-5,8H2,2H3,(H,17,18)/b7-6+. The Hall–Kier alpha value is -2.12. The summed E-state index contributed by atoms with van der Waals surface area (Å²) in [6, 6.07) is 3.22. The van der Waals surface area contributed by atoms with Crippen molar-refractivity contribution in [3.8, 4) is 23.8 Å². The fourth-order valence-electron chi connectivity index (χ4n) is 1.53. The number of halogens is 1. The maximum Gasteiger partial charge on any atom is 0.328 e. The van der Waals surface area contributed by atoms with Crippen LogP contribution >= 0.6 is 11.6 Å². The Morgan fingerprint density at radius 3 is 2.90 bits per heavy atom. The molecule has 0 aliphatic heterocycles. The molecule has 4 nitrogen and oxygen atoms in total. The summed E-state index contributed by atoms with van der Waals surface area (Å²) >= 11 is 5.96. The largest absolute Gasteiger partial charge is 0.493 e. The van der Waals surface area contributed by atoms with E-state index in [1.165, 1.54) is 13.2 Å². The Kier molecular flexibility index (Phi) is 6.48. The number of ether oxygens (including phenoxy) is 2. The maximum atomic E-state index is 10.6. The summed E-state index contributed by atoms with van der Waals surface area (Å²) in [5, 5.41) is 9.13. The van der Waals surface area contributed by atoms with Gasteiger partial charge in [0.25, 0.3) is 0 Å². The van der Waals surface area contributed by atoms with E-state index in [1.807, 2.05) is 0 Å². The number of unbranched alkanes of at least 4 members (excludes halogenated alkanes) is 1. The first-order valence-electron chi connectivity index (χ1n) is 5.93. The highest BCUT2D eigenvalue weighted by molar-refractivity contribution is 6.31. The van der Waals surface area contributed by atoms with Gasteiger partial charge in [-0.05, 0) is 18.6 Å². The lowest BCUT2D eigenvalue weighted by Gasteiger charge is -2.13. The highest BCUT2D eigenvalue weighted by Crippen LogP contribution is 2.35. The molecular formula is C15H15ClO4. The second kappa shape index (κ2) is 8.13. The predicted octanol–water partition coefficient (Wildman–Crippen LogP) is 3.24. The van der Waals surface area contributed by atoms with Crippen molar-refractivity contribution in [3.63, 3.8) is 0 Å². The van der Waals surface area contributed by atoms with Crippen LogP contribution in [0.2, 0.25) is 5.02 Å². The van der Waals surface area contributed by atoms with E-state index in [-0.39, 0.29) is 0 Å². The van der Waals surface area contributed by atoms with Gasteiger partial charge >= 0.3 is 5.97 Å². The summed E-state index contributed by atoms with van der Waals surface area (Å²) in [5.74, 6) is 2.37. The zero-order valence-corrected chi connectivity index (χ0v) is 11.8. The van der Waals surface area contributed by atoms with Gasteiger partial charge in [-0.15, -0.1) is 12.3 Å². The number of hydrogen-bond acceptors (Lipinski definition) is 3. The molecule has 0 unspecified atom stereocenters. The summed E-state index contributed by atoms with van der Waals surface area (Å²) in [5.41, 5.74) is 0.539. The number of carboxylic acid groups (broad SMARTS) is 1. The molecule has 1 aromatic rings. The molecule has 5 heteroatoms. The maximum absolute atomic E-state index is 10.6. The number of hydrogen-bond donors (Lipinski definition) is 1. The molecule has 0 saturated carbocycles. The van der Waals surface area contributed by atoms with E-state index in [1.54, 1.807) is 12.1 Å². The summed E-state index contributed by atoms with van der Waals surface area (Å²) in [4.78, 5) is 10.6. The van der Waals surface area contributed by atoms with Crippen molar-refractivity contribution in [2.45, 2.75) is 12.8 Å². The van der Waals surface area contributed by atoms with Gasteiger partial charge in [0.2, 0.25) is 0 Å². The van der Waals surface area contributed by atoms with Gasteiger partial charge in [-0.1, -0.05) is 11.6 Å². The number of methoxy groups -OCH3 is 1. The zero-order valence-electron chi connectivity index (χ0n) is 11.1. The van der Waals surface area contributed by atoms with E-state index in [0.717, 1.165) is 6.08 Å². The lowest BCUT2D eigenvalue weighted by molar-refractivity contribution is -0.131. The van der Waals surface area contributed by atoms with Crippen LogP contribution < -0.4 is 9.47 Å². The van der Waals surface area contributed by atoms with E-state index >= 15 is 0 Å². The quantitative estimate of drug-likeness (QED) is 0.476. The zero-order chi connectivity index (χ0) is 15.0. The lowest BCUT2D eigenvalue weighted by atomic mass is 10.1. The van der Waals surface area contributed by atoms with Gasteiger partial charge in [-0.2, -0.15) is 0 Å². The number of rotatable bonds is 7. The van der Waals surface area contributed by atoms with Crippen molar-refractivity contribution < 1.29 is 19.4 Å². The van der Waals surface area contributed by atoms with E-state index in [0.29, 0.717) is 41.5 Å². The molecule has 0 saturated heterocycles. The third-order valence-electron chi connectivity index (χ3n) is 2.39. The van der Waals surface area contributed by atoms with Crippen molar-refractivity contribution in [3.05, 3.63) is 28.8 Å². The lowest BCUT2D eigenvalue weighted by Crippen LogP contribution is -2.01. The molecule has 0 aliphatic rings. The van der Waals surface area contributed by atoms with Crippen molar-refractivity contribution in [2.24, 2.45) is 0 Å².